The van der Waals surface area contributed by atoms with Crippen LogP contribution >= 0.6 is 0 Å². The molecule has 0 unspecified atom stereocenters. The number of carboxylic acids is 2. The summed E-state index contributed by atoms with van der Waals surface area (Å²) in [6, 6.07) is 3.27. The van der Waals surface area contributed by atoms with Gasteiger partial charge in [0.25, 0.3) is 0 Å². The van der Waals surface area contributed by atoms with Crippen molar-refractivity contribution in [3.8, 4) is 11.5 Å². The summed E-state index contributed by atoms with van der Waals surface area (Å²) in [6.07, 6.45) is 11.9. The lowest BCUT2D eigenvalue weighted by molar-refractivity contribution is -0.147. The number of unbranched alkanes of at least 4 members (excludes halogenated alkanes) is 6. The maximum absolute atomic E-state index is 11.2. The van der Waals surface area contributed by atoms with Crippen LogP contribution < -0.4 is 0 Å². The van der Waals surface area contributed by atoms with E-state index in [9.17, 15) is 24.9 Å². The van der Waals surface area contributed by atoms with Crippen LogP contribution in [0.4, 0.5) is 0 Å². The zero-order chi connectivity index (χ0) is 23.8. The fourth-order valence-corrected chi connectivity index (χ4v) is 4.32. The van der Waals surface area contributed by atoms with E-state index >= 15 is 0 Å². The number of carbonyl (C=O) groups is 2. The summed E-state index contributed by atoms with van der Waals surface area (Å²) >= 11 is 0. The van der Waals surface area contributed by atoms with E-state index in [1.807, 2.05) is 0 Å². The monoisotopic (exact) mass is 448 g/mol. The highest BCUT2D eigenvalue weighted by Crippen LogP contribution is 2.50. The van der Waals surface area contributed by atoms with Crippen LogP contribution in [-0.2, 0) is 22.4 Å². The Morgan fingerprint density at radius 3 is 1.81 bits per heavy atom. The van der Waals surface area contributed by atoms with Gasteiger partial charge in [0.1, 0.15) is 11.5 Å². The SMILES string of the molecule is CC(C)(CCCCCCc1cc(O)cc(CCCCCCC2(C(=O)O)CC2)c1O)C(=O)O. The van der Waals surface area contributed by atoms with E-state index in [1.165, 1.54) is 0 Å². The van der Waals surface area contributed by atoms with Crippen LogP contribution in [0.5, 0.6) is 11.5 Å². The van der Waals surface area contributed by atoms with Gasteiger partial charge >= 0.3 is 11.9 Å². The molecule has 1 aliphatic rings. The molecule has 1 aromatic carbocycles. The number of phenolic OH excluding ortho intramolecular Hbond substituents is 2. The van der Waals surface area contributed by atoms with Gasteiger partial charge in [-0.2, -0.15) is 0 Å². The molecular weight excluding hydrogens is 408 g/mol. The Labute approximate surface area is 191 Å². The number of carboxylic acid groups (broad SMARTS) is 2. The number of aromatic hydroxyl groups is 2. The molecule has 0 heterocycles. The fourth-order valence-electron chi connectivity index (χ4n) is 4.32. The normalized spacial score (nSPS) is 14.9. The second-order valence-electron chi connectivity index (χ2n) is 10.2. The van der Waals surface area contributed by atoms with Crippen molar-refractivity contribution >= 4 is 11.9 Å². The minimum atomic E-state index is -0.762. The zero-order valence-corrected chi connectivity index (χ0v) is 19.7. The molecule has 6 nitrogen and oxygen atoms in total. The Morgan fingerprint density at radius 2 is 1.34 bits per heavy atom. The molecule has 1 saturated carbocycles. The lowest BCUT2D eigenvalue weighted by Gasteiger charge is -2.18. The Hall–Kier alpha value is -2.24. The van der Waals surface area contributed by atoms with Crippen LogP contribution in [0.2, 0.25) is 0 Å². The van der Waals surface area contributed by atoms with E-state index in [2.05, 4.69) is 0 Å². The second kappa shape index (κ2) is 11.6. The molecule has 0 saturated heterocycles. The summed E-state index contributed by atoms with van der Waals surface area (Å²) in [4.78, 5) is 22.4. The molecule has 0 bridgehead atoms. The maximum atomic E-state index is 11.2. The summed E-state index contributed by atoms with van der Waals surface area (Å²) < 4.78 is 0. The molecule has 0 radical (unpaired) electrons. The van der Waals surface area contributed by atoms with E-state index in [0.717, 1.165) is 81.8 Å². The van der Waals surface area contributed by atoms with Crippen molar-refractivity contribution < 1.29 is 30.0 Å². The highest BCUT2D eigenvalue weighted by molar-refractivity contribution is 5.77. The molecule has 1 fully saturated rings. The van der Waals surface area contributed by atoms with Crippen LogP contribution in [-0.4, -0.2) is 32.4 Å². The predicted molar refractivity (Wildman–Crippen MR) is 124 cm³/mol. The van der Waals surface area contributed by atoms with Gasteiger partial charge in [0, 0.05) is 0 Å². The van der Waals surface area contributed by atoms with Crippen LogP contribution in [0.15, 0.2) is 12.1 Å². The van der Waals surface area contributed by atoms with Crippen molar-refractivity contribution in [3.63, 3.8) is 0 Å². The number of rotatable bonds is 16. The third-order valence-corrected chi connectivity index (χ3v) is 6.99. The van der Waals surface area contributed by atoms with E-state index in [0.29, 0.717) is 19.3 Å². The summed E-state index contributed by atoms with van der Waals surface area (Å²) in [5, 5.41) is 39.1. The molecule has 4 N–H and O–H groups in total. The van der Waals surface area contributed by atoms with E-state index in [1.54, 1.807) is 26.0 Å². The minimum Gasteiger partial charge on any atom is -0.508 e. The highest BCUT2D eigenvalue weighted by atomic mass is 16.4. The molecule has 6 heteroatoms. The number of aryl methyl sites for hydroxylation is 2. The van der Waals surface area contributed by atoms with Crippen LogP contribution in [0, 0.1) is 10.8 Å². The zero-order valence-electron chi connectivity index (χ0n) is 19.7. The summed E-state index contributed by atoms with van der Waals surface area (Å²) in [5.41, 5.74) is 0.411. The molecule has 0 atom stereocenters. The van der Waals surface area contributed by atoms with Gasteiger partial charge in [-0.3, -0.25) is 9.59 Å². The number of benzene rings is 1. The average Bonchev–Trinajstić information content (AvgIpc) is 3.51. The number of hydrogen-bond acceptors (Lipinski definition) is 4. The van der Waals surface area contributed by atoms with Gasteiger partial charge < -0.3 is 20.4 Å². The van der Waals surface area contributed by atoms with Crippen LogP contribution in [0.25, 0.3) is 0 Å². The fraction of sp³-hybridized carbons (Fsp3) is 0.692. The molecule has 1 aromatic rings. The van der Waals surface area contributed by atoms with Gasteiger partial charge in [0.15, 0.2) is 0 Å². The average molecular weight is 449 g/mol. The Bertz CT molecular complexity index is 730. The minimum absolute atomic E-state index is 0.174. The van der Waals surface area contributed by atoms with E-state index in [4.69, 9.17) is 5.11 Å². The Balaban J connectivity index is 1.68. The van der Waals surface area contributed by atoms with Crippen molar-refractivity contribution in [2.75, 3.05) is 0 Å². The first-order valence-corrected chi connectivity index (χ1v) is 12.1. The second-order valence-corrected chi connectivity index (χ2v) is 10.2. The molecule has 0 aliphatic heterocycles. The smallest absolute Gasteiger partial charge is 0.309 e. The first-order chi connectivity index (χ1) is 15.1. The molecular formula is C26H40O6. The largest absolute Gasteiger partial charge is 0.508 e. The van der Waals surface area contributed by atoms with Crippen molar-refractivity contribution in [2.45, 2.75) is 104 Å². The van der Waals surface area contributed by atoms with Gasteiger partial charge in [-0.15, -0.1) is 0 Å². The molecule has 0 spiro atoms. The van der Waals surface area contributed by atoms with Crippen molar-refractivity contribution in [2.24, 2.45) is 10.8 Å². The highest BCUT2D eigenvalue weighted by Gasteiger charge is 2.49. The standard InChI is InChI=1S/C26H40O6/c1-25(2,23(29)30)13-9-5-3-7-11-19-17-21(27)18-20(22(19)28)12-8-4-6-10-14-26(15-16-26)24(31)32/h17-18,27-28H,3-16H2,1-2H3,(H,29,30)(H,31,32). The third-order valence-electron chi connectivity index (χ3n) is 6.99. The lowest BCUT2D eigenvalue weighted by Crippen LogP contribution is -2.23. The molecule has 0 amide bonds. The molecule has 32 heavy (non-hydrogen) atoms. The topological polar surface area (TPSA) is 115 Å². The molecule has 1 aliphatic carbocycles. The van der Waals surface area contributed by atoms with Crippen molar-refractivity contribution in [3.05, 3.63) is 23.3 Å². The van der Waals surface area contributed by atoms with Crippen molar-refractivity contribution in [1.29, 1.82) is 0 Å². The molecule has 0 aromatic heterocycles. The first-order valence-electron chi connectivity index (χ1n) is 12.1. The van der Waals surface area contributed by atoms with Gasteiger partial charge in [-0.1, -0.05) is 38.5 Å². The van der Waals surface area contributed by atoms with Gasteiger partial charge in [0.05, 0.1) is 10.8 Å². The first kappa shape index (κ1) is 26.0. The third kappa shape index (κ3) is 7.72. The Kier molecular flexibility index (Phi) is 9.41. The summed E-state index contributed by atoms with van der Waals surface area (Å²) in [6.45, 7) is 3.50. The van der Waals surface area contributed by atoms with E-state index in [-0.39, 0.29) is 11.5 Å². The maximum Gasteiger partial charge on any atom is 0.309 e. The lowest BCUT2D eigenvalue weighted by atomic mass is 9.87. The van der Waals surface area contributed by atoms with E-state index < -0.39 is 22.8 Å². The van der Waals surface area contributed by atoms with Crippen LogP contribution in [0.1, 0.15) is 102 Å². The number of phenols is 2. The summed E-state index contributed by atoms with van der Waals surface area (Å²) in [5.74, 6) is -0.966. The quantitative estimate of drug-likeness (QED) is 0.180. The van der Waals surface area contributed by atoms with Gasteiger partial charge in [0.2, 0.25) is 0 Å². The van der Waals surface area contributed by atoms with Crippen LogP contribution in [0.3, 0.4) is 0 Å². The number of aliphatic carboxylic acids is 2. The van der Waals surface area contributed by atoms with Crippen molar-refractivity contribution in [1.82, 2.24) is 0 Å². The number of hydrogen-bond donors (Lipinski definition) is 4. The molecule has 2 rings (SSSR count). The van der Waals surface area contributed by atoms with Gasteiger partial charge in [-0.25, -0.2) is 0 Å². The predicted octanol–water partition coefficient (Wildman–Crippen LogP) is 6.06. The molecule has 180 valence electrons. The Morgan fingerprint density at radius 1 is 0.844 bits per heavy atom. The summed E-state index contributed by atoms with van der Waals surface area (Å²) in [7, 11) is 0. The van der Waals surface area contributed by atoms with Gasteiger partial charge in [-0.05, 0) is 88.5 Å².